The van der Waals surface area contributed by atoms with Gasteiger partial charge in [0.25, 0.3) is 5.91 Å². The molecule has 0 radical (unpaired) electrons. The summed E-state index contributed by atoms with van der Waals surface area (Å²) >= 11 is 15.2. The largest absolute Gasteiger partial charge is 0.482 e. The monoisotopic (exact) mass is 520 g/mol. The number of hydrogen-bond acceptors (Lipinski definition) is 5. The lowest BCUT2D eigenvalue weighted by atomic mass is 10.2. The van der Waals surface area contributed by atoms with Crippen molar-refractivity contribution in [2.45, 2.75) is 0 Å². The van der Waals surface area contributed by atoms with Gasteiger partial charge in [0.15, 0.2) is 6.61 Å². The average molecular weight is 522 g/mol. The van der Waals surface area contributed by atoms with Crippen LogP contribution in [0, 0.1) is 0 Å². The number of ether oxygens (including phenoxy) is 2. The van der Waals surface area contributed by atoms with E-state index < -0.39 is 11.9 Å². The van der Waals surface area contributed by atoms with Gasteiger partial charge in [0, 0.05) is 4.47 Å². The molecule has 0 atom stereocenters. The van der Waals surface area contributed by atoms with Crippen LogP contribution in [0.2, 0.25) is 10.0 Å². The minimum atomic E-state index is -0.471. The quantitative estimate of drug-likeness (QED) is 0.192. The molecule has 3 aromatic carbocycles. The van der Waals surface area contributed by atoms with Crippen LogP contribution in [0.5, 0.6) is 11.5 Å². The van der Waals surface area contributed by atoms with E-state index in [1.54, 1.807) is 60.7 Å². The molecule has 3 rings (SSSR count). The molecule has 9 heteroatoms. The number of hydrazone groups is 1. The van der Waals surface area contributed by atoms with Crippen LogP contribution in [0.15, 0.2) is 76.3 Å². The zero-order valence-corrected chi connectivity index (χ0v) is 18.9. The van der Waals surface area contributed by atoms with Crippen LogP contribution in [-0.2, 0) is 4.79 Å². The third kappa shape index (κ3) is 6.55. The minimum absolute atomic E-state index is 0.237. The normalized spacial score (nSPS) is 10.7. The van der Waals surface area contributed by atoms with Gasteiger partial charge in [-0.1, -0.05) is 41.4 Å². The predicted octanol–water partition coefficient (Wildman–Crippen LogP) is 5.50. The molecule has 0 spiro atoms. The number of hydrogen-bond donors (Lipinski definition) is 1. The molecule has 1 N–H and O–H groups in total. The standard InChI is InChI=1S/C22H15BrCl2N2O4/c23-17-5-2-1-4-16(17)22(29)31-15-10-8-14(9-11-15)12-26-27-20(28)13-30-19-7-3-6-18(24)21(19)25/h1-12H,13H2,(H,27,28)/b26-12-. The summed E-state index contributed by atoms with van der Waals surface area (Å²) < 4.78 is 11.3. The Balaban J connectivity index is 1.49. The molecule has 1 amide bonds. The zero-order valence-electron chi connectivity index (χ0n) is 15.8. The van der Waals surface area contributed by atoms with E-state index in [0.29, 0.717) is 32.1 Å². The Morgan fingerprint density at radius 1 is 1.00 bits per heavy atom. The van der Waals surface area contributed by atoms with Crippen molar-refractivity contribution in [3.63, 3.8) is 0 Å². The molecule has 3 aromatic rings. The number of carbonyl (C=O) groups is 2. The number of nitrogens with zero attached hydrogens (tertiary/aromatic N) is 1. The Bertz CT molecular complexity index is 1120. The number of rotatable bonds is 7. The Morgan fingerprint density at radius 2 is 1.74 bits per heavy atom. The van der Waals surface area contributed by atoms with E-state index in [0.717, 1.165) is 0 Å². The second-order valence-corrected chi connectivity index (χ2v) is 7.71. The van der Waals surface area contributed by atoms with E-state index >= 15 is 0 Å². The maximum absolute atomic E-state index is 12.2. The molecule has 0 heterocycles. The lowest BCUT2D eigenvalue weighted by Gasteiger charge is -2.07. The summed E-state index contributed by atoms with van der Waals surface area (Å²) in [6.07, 6.45) is 1.45. The van der Waals surface area contributed by atoms with Crippen molar-refractivity contribution in [1.82, 2.24) is 5.43 Å². The fourth-order valence-electron chi connectivity index (χ4n) is 2.36. The van der Waals surface area contributed by atoms with Crippen molar-refractivity contribution in [3.05, 3.63) is 92.4 Å². The van der Waals surface area contributed by atoms with Gasteiger partial charge in [-0.3, -0.25) is 4.79 Å². The Kier molecular flexibility index (Phi) is 8.06. The van der Waals surface area contributed by atoms with Crippen LogP contribution in [0.25, 0.3) is 0 Å². The van der Waals surface area contributed by atoms with Gasteiger partial charge in [-0.05, 0) is 70.0 Å². The summed E-state index contributed by atoms with van der Waals surface area (Å²) in [7, 11) is 0. The van der Waals surface area contributed by atoms with Crippen molar-refractivity contribution in [2.75, 3.05) is 6.61 Å². The highest BCUT2D eigenvalue weighted by molar-refractivity contribution is 9.10. The van der Waals surface area contributed by atoms with Gasteiger partial charge in [0.2, 0.25) is 0 Å². The van der Waals surface area contributed by atoms with Gasteiger partial charge in [-0.25, -0.2) is 10.2 Å². The summed E-state index contributed by atoms with van der Waals surface area (Å²) in [5, 5.41) is 4.44. The van der Waals surface area contributed by atoms with Gasteiger partial charge in [0.05, 0.1) is 16.8 Å². The first kappa shape index (κ1) is 22.8. The molecule has 0 bridgehead atoms. The summed E-state index contributed by atoms with van der Waals surface area (Å²) in [6.45, 7) is -0.276. The van der Waals surface area contributed by atoms with Crippen LogP contribution in [0.4, 0.5) is 0 Å². The van der Waals surface area contributed by atoms with Gasteiger partial charge < -0.3 is 9.47 Å². The van der Waals surface area contributed by atoms with E-state index in [4.69, 9.17) is 32.7 Å². The summed E-state index contributed by atoms with van der Waals surface area (Å²) in [5.74, 6) is -0.248. The zero-order chi connectivity index (χ0) is 22.2. The molecule has 6 nitrogen and oxygen atoms in total. The highest BCUT2D eigenvalue weighted by atomic mass is 79.9. The fraction of sp³-hybridized carbons (Fsp3) is 0.0455. The molecule has 31 heavy (non-hydrogen) atoms. The first-order valence-electron chi connectivity index (χ1n) is 8.89. The van der Waals surface area contributed by atoms with Crippen LogP contribution >= 0.6 is 39.1 Å². The second-order valence-electron chi connectivity index (χ2n) is 6.07. The van der Waals surface area contributed by atoms with E-state index in [1.807, 2.05) is 6.07 Å². The topological polar surface area (TPSA) is 77.0 Å². The molecule has 0 aliphatic rings. The van der Waals surface area contributed by atoms with Crippen molar-refractivity contribution < 1.29 is 19.1 Å². The van der Waals surface area contributed by atoms with Crippen molar-refractivity contribution in [1.29, 1.82) is 0 Å². The highest BCUT2D eigenvalue weighted by Gasteiger charge is 2.11. The molecule has 0 saturated heterocycles. The Labute approximate surface area is 196 Å². The summed E-state index contributed by atoms with van der Waals surface area (Å²) in [5.41, 5.74) is 3.47. The van der Waals surface area contributed by atoms with Crippen molar-refractivity contribution in [2.24, 2.45) is 5.10 Å². The number of halogens is 3. The number of nitrogens with one attached hydrogen (secondary N) is 1. The van der Waals surface area contributed by atoms with E-state index in [-0.39, 0.29) is 11.6 Å². The molecule has 0 unspecified atom stereocenters. The Morgan fingerprint density at radius 3 is 2.48 bits per heavy atom. The second kappa shape index (κ2) is 10.9. The van der Waals surface area contributed by atoms with E-state index in [1.165, 1.54) is 6.21 Å². The number of benzene rings is 3. The average Bonchev–Trinajstić information content (AvgIpc) is 2.76. The molecular weight excluding hydrogens is 507 g/mol. The van der Waals surface area contributed by atoms with Crippen LogP contribution in [0.3, 0.4) is 0 Å². The molecule has 0 fully saturated rings. The molecule has 0 aliphatic carbocycles. The van der Waals surface area contributed by atoms with Gasteiger partial charge >= 0.3 is 5.97 Å². The number of carbonyl (C=O) groups excluding carboxylic acids is 2. The van der Waals surface area contributed by atoms with Crippen molar-refractivity contribution in [3.8, 4) is 11.5 Å². The summed E-state index contributed by atoms with van der Waals surface area (Å²) in [6, 6.07) is 18.5. The molecule has 0 saturated carbocycles. The maximum atomic E-state index is 12.2. The smallest absolute Gasteiger partial charge is 0.344 e. The SMILES string of the molecule is O=C(COc1cccc(Cl)c1Cl)N/N=C\c1ccc(OC(=O)c2ccccc2Br)cc1. The molecule has 158 valence electrons. The molecule has 0 aromatic heterocycles. The minimum Gasteiger partial charge on any atom is -0.482 e. The molecular formula is C22H15BrCl2N2O4. The van der Waals surface area contributed by atoms with Crippen molar-refractivity contribution >= 4 is 57.2 Å². The first-order valence-corrected chi connectivity index (χ1v) is 10.4. The third-order valence-electron chi connectivity index (χ3n) is 3.86. The lowest BCUT2D eigenvalue weighted by Crippen LogP contribution is -2.24. The van der Waals surface area contributed by atoms with Crippen LogP contribution in [-0.4, -0.2) is 24.7 Å². The van der Waals surface area contributed by atoms with Gasteiger partial charge in [-0.2, -0.15) is 5.10 Å². The fourth-order valence-corrected chi connectivity index (χ4v) is 3.15. The van der Waals surface area contributed by atoms with Gasteiger partial charge in [0.1, 0.15) is 16.5 Å². The van der Waals surface area contributed by atoms with E-state index in [9.17, 15) is 9.59 Å². The van der Waals surface area contributed by atoms with Crippen LogP contribution in [0.1, 0.15) is 15.9 Å². The highest BCUT2D eigenvalue weighted by Crippen LogP contribution is 2.31. The third-order valence-corrected chi connectivity index (χ3v) is 5.36. The number of esters is 1. The maximum Gasteiger partial charge on any atom is 0.344 e. The molecule has 0 aliphatic heterocycles. The van der Waals surface area contributed by atoms with Crippen LogP contribution < -0.4 is 14.9 Å². The predicted molar refractivity (Wildman–Crippen MR) is 123 cm³/mol. The number of amides is 1. The lowest BCUT2D eigenvalue weighted by molar-refractivity contribution is -0.123. The first-order chi connectivity index (χ1) is 14.9. The van der Waals surface area contributed by atoms with Gasteiger partial charge in [-0.15, -0.1) is 0 Å². The van der Waals surface area contributed by atoms with E-state index in [2.05, 4.69) is 26.5 Å². The Hall–Kier alpha value is -2.87. The summed E-state index contributed by atoms with van der Waals surface area (Å²) in [4.78, 5) is 24.1.